The third-order valence-corrected chi connectivity index (χ3v) is 4.01. The summed E-state index contributed by atoms with van der Waals surface area (Å²) in [5, 5.41) is 15.2. The third kappa shape index (κ3) is 6.65. The minimum atomic E-state index is -0.375. The number of rotatable bonds is 5. The van der Waals surface area contributed by atoms with Crippen molar-refractivity contribution in [2.75, 3.05) is 0 Å². The summed E-state index contributed by atoms with van der Waals surface area (Å²) in [7, 11) is 0. The number of carbonyl (C=O) groups is 1. The van der Waals surface area contributed by atoms with Crippen LogP contribution in [0.2, 0.25) is 5.02 Å². The van der Waals surface area contributed by atoms with E-state index in [2.05, 4.69) is 26.0 Å². The van der Waals surface area contributed by atoms with Crippen molar-refractivity contribution in [3.8, 4) is 0 Å². The number of halogens is 2. The maximum atomic E-state index is 13.0. The van der Waals surface area contributed by atoms with Crippen LogP contribution in [0, 0.1) is 5.82 Å². The summed E-state index contributed by atoms with van der Waals surface area (Å²) in [5.41, 5.74) is 4.57. The molecule has 0 aliphatic carbocycles. The Bertz CT molecular complexity index is 1060. The number of hydrogen-bond donors (Lipinski definition) is 2. The summed E-state index contributed by atoms with van der Waals surface area (Å²) in [5.74, 6) is -0.697. The molecule has 0 unspecified atom stereocenters. The topological polar surface area (TPSA) is 78.2 Å². The summed E-state index contributed by atoms with van der Waals surface area (Å²) in [6, 6.07) is 21.5. The van der Waals surface area contributed by atoms with Crippen molar-refractivity contribution in [1.82, 2.24) is 10.7 Å². The average Bonchev–Trinajstić information content (AvgIpc) is 2.77. The van der Waals surface area contributed by atoms with Crippen molar-refractivity contribution in [2.45, 2.75) is 0 Å². The molecule has 6 nitrogen and oxygen atoms in total. The Hall–Kier alpha value is -3.84. The molecular weight excluding hydrogens is 405 g/mol. The number of carbonyl (C=O) groups excluding carboxylic acids is 1. The molecule has 0 fully saturated rings. The van der Waals surface area contributed by atoms with Gasteiger partial charge in [-0.1, -0.05) is 54.1 Å². The summed E-state index contributed by atoms with van der Waals surface area (Å²) >= 11 is 5.86. The smallest absolute Gasteiger partial charge is 0.258 e. The Labute approximate surface area is 177 Å². The second-order valence-corrected chi connectivity index (χ2v) is 6.42. The van der Waals surface area contributed by atoms with Crippen molar-refractivity contribution in [3.63, 3.8) is 0 Å². The molecule has 1 amide bonds. The first-order chi connectivity index (χ1) is 14.6. The summed E-state index contributed by atoms with van der Waals surface area (Å²) in [6.45, 7) is 0. The highest BCUT2D eigenvalue weighted by Crippen LogP contribution is 2.07. The van der Waals surface area contributed by atoms with Crippen LogP contribution >= 0.6 is 11.6 Å². The minimum Gasteiger partial charge on any atom is -0.290 e. The monoisotopic (exact) mass is 421 g/mol. The lowest BCUT2D eigenvalue weighted by molar-refractivity contribution is 0.0975. The van der Waals surface area contributed by atoms with Gasteiger partial charge in [-0.25, -0.2) is 9.82 Å². The molecule has 30 heavy (non-hydrogen) atoms. The number of hydrogen-bond acceptors (Lipinski definition) is 4. The Morgan fingerprint density at radius 2 is 1.50 bits per heavy atom. The zero-order chi connectivity index (χ0) is 21.2. The van der Waals surface area contributed by atoms with Crippen LogP contribution in [0.5, 0.6) is 0 Å². The SMILES string of the molecule is O=C(NC(=N/N=C/c1ccc(F)cc1)N/N=C/c1ccc(Cl)cc1)c1ccccc1. The first-order valence-corrected chi connectivity index (χ1v) is 9.25. The lowest BCUT2D eigenvalue weighted by atomic mass is 10.2. The average molecular weight is 422 g/mol. The number of amides is 1. The first-order valence-electron chi connectivity index (χ1n) is 8.88. The molecule has 0 atom stereocenters. The largest absolute Gasteiger partial charge is 0.290 e. The Kier molecular flexibility index (Phi) is 7.40. The molecule has 0 bridgehead atoms. The molecule has 3 aromatic rings. The Morgan fingerprint density at radius 1 is 0.867 bits per heavy atom. The van der Waals surface area contributed by atoms with Crippen LogP contribution in [0.15, 0.2) is 94.2 Å². The summed E-state index contributed by atoms with van der Waals surface area (Å²) < 4.78 is 13.0. The predicted molar refractivity (Wildman–Crippen MR) is 118 cm³/mol. The fraction of sp³-hybridized carbons (Fsp3) is 0. The van der Waals surface area contributed by atoms with Crippen LogP contribution in [0.4, 0.5) is 4.39 Å². The molecule has 8 heteroatoms. The number of nitrogens with zero attached hydrogens (tertiary/aromatic N) is 3. The molecule has 0 saturated carbocycles. The van der Waals surface area contributed by atoms with E-state index >= 15 is 0 Å². The summed E-state index contributed by atoms with van der Waals surface area (Å²) in [4.78, 5) is 12.4. The molecule has 0 aromatic heterocycles. The van der Waals surface area contributed by atoms with Gasteiger partial charge >= 0.3 is 0 Å². The molecule has 0 aliphatic heterocycles. The van der Waals surface area contributed by atoms with Crippen LogP contribution in [-0.4, -0.2) is 24.3 Å². The van der Waals surface area contributed by atoms with Crippen LogP contribution in [-0.2, 0) is 0 Å². The quantitative estimate of drug-likeness (QED) is 0.367. The molecule has 0 heterocycles. The van der Waals surface area contributed by atoms with Gasteiger partial charge in [-0.05, 0) is 47.5 Å². The van der Waals surface area contributed by atoms with E-state index in [0.717, 1.165) is 5.56 Å². The van der Waals surface area contributed by atoms with Gasteiger partial charge in [0, 0.05) is 10.6 Å². The lowest BCUT2D eigenvalue weighted by Gasteiger charge is -2.06. The van der Waals surface area contributed by atoms with Gasteiger partial charge in [0.1, 0.15) is 5.82 Å². The molecular formula is C22H17ClFN5O. The van der Waals surface area contributed by atoms with Gasteiger partial charge in [0.05, 0.1) is 12.4 Å². The predicted octanol–water partition coefficient (Wildman–Crippen LogP) is 4.22. The van der Waals surface area contributed by atoms with Gasteiger partial charge in [-0.15, -0.1) is 5.10 Å². The van der Waals surface area contributed by atoms with Crippen molar-refractivity contribution in [2.24, 2.45) is 15.3 Å². The minimum absolute atomic E-state index is 0.0208. The van der Waals surface area contributed by atoms with Crippen LogP contribution < -0.4 is 10.7 Å². The maximum absolute atomic E-state index is 13.0. The second-order valence-electron chi connectivity index (χ2n) is 5.99. The van der Waals surface area contributed by atoms with Crippen molar-refractivity contribution in [1.29, 1.82) is 0 Å². The van der Waals surface area contributed by atoms with Crippen molar-refractivity contribution < 1.29 is 9.18 Å². The number of benzene rings is 3. The highest BCUT2D eigenvalue weighted by atomic mass is 35.5. The zero-order valence-electron chi connectivity index (χ0n) is 15.7. The molecule has 0 aliphatic rings. The lowest BCUT2D eigenvalue weighted by Crippen LogP contribution is -2.38. The van der Waals surface area contributed by atoms with Gasteiger partial charge in [0.15, 0.2) is 0 Å². The van der Waals surface area contributed by atoms with Crippen LogP contribution in [0.25, 0.3) is 0 Å². The number of guanidine groups is 1. The van der Waals surface area contributed by atoms with Crippen molar-refractivity contribution in [3.05, 3.63) is 106 Å². The molecule has 0 saturated heterocycles. The molecule has 0 radical (unpaired) electrons. The van der Waals surface area contributed by atoms with Crippen LogP contribution in [0.3, 0.4) is 0 Å². The summed E-state index contributed by atoms with van der Waals surface area (Å²) in [6.07, 6.45) is 2.98. The molecule has 3 rings (SSSR count). The molecule has 2 N–H and O–H groups in total. The van der Waals surface area contributed by atoms with E-state index in [4.69, 9.17) is 11.6 Å². The van der Waals surface area contributed by atoms with Gasteiger partial charge < -0.3 is 0 Å². The van der Waals surface area contributed by atoms with E-state index in [-0.39, 0.29) is 17.7 Å². The van der Waals surface area contributed by atoms with Crippen LogP contribution in [0.1, 0.15) is 21.5 Å². The van der Waals surface area contributed by atoms with E-state index in [9.17, 15) is 9.18 Å². The molecule has 0 spiro atoms. The standard InChI is InChI=1S/C22H17ClFN5O/c23-19-10-6-16(7-11-19)14-25-28-22(27-21(30)18-4-2-1-3-5-18)29-26-15-17-8-12-20(24)13-9-17/h1-15H,(H2,27,28,29,30)/b25-14+,26-15+. The second kappa shape index (κ2) is 10.6. The Morgan fingerprint density at radius 3 is 2.20 bits per heavy atom. The van der Waals surface area contributed by atoms with Crippen molar-refractivity contribution >= 4 is 35.9 Å². The number of hydrazone groups is 1. The molecule has 150 valence electrons. The van der Waals surface area contributed by atoms with E-state index in [1.807, 2.05) is 6.07 Å². The van der Waals surface area contributed by atoms with E-state index in [0.29, 0.717) is 16.1 Å². The zero-order valence-corrected chi connectivity index (χ0v) is 16.4. The number of nitrogens with one attached hydrogen (secondary N) is 2. The fourth-order valence-electron chi connectivity index (χ4n) is 2.26. The van der Waals surface area contributed by atoms with E-state index < -0.39 is 0 Å². The molecule has 3 aromatic carbocycles. The Balaban J connectivity index is 1.73. The van der Waals surface area contributed by atoms with Gasteiger partial charge in [-0.2, -0.15) is 10.2 Å². The highest BCUT2D eigenvalue weighted by Gasteiger charge is 2.07. The van der Waals surface area contributed by atoms with Gasteiger partial charge in [-0.3, -0.25) is 10.1 Å². The van der Waals surface area contributed by atoms with Gasteiger partial charge in [0.25, 0.3) is 5.91 Å². The third-order valence-electron chi connectivity index (χ3n) is 3.76. The van der Waals surface area contributed by atoms with E-state index in [1.54, 1.807) is 66.9 Å². The first kappa shape index (κ1) is 20.9. The maximum Gasteiger partial charge on any atom is 0.258 e. The van der Waals surface area contributed by atoms with Gasteiger partial charge in [0.2, 0.25) is 5.96 Å². The normalized spacial score (nSPS) is 11.7. The fourth-order valence-corrected chi connectivity index (χ4v) is 2.39. The van der Waals surface area contributed by atoms with E-state index in [1.165, 1.54) is 18.3 Å². The highest BCUT2D eigenvalue weighted by molar-refractivity contribution is 6.30.